The molecule has 3 aromatic rings. The van der Waals surface area contributed by atoms with Crippen molar-refractivity contribution < 1.29 is 4.79 Å². The number of hydrogen-bond donors (Lipinski definition) is 2. The molecular formula is C24H25N3O. The van der Waals surface area contributed by atoms with Gasteiger partial charge in [-0.2, -0.15) is 0 Å². The Bertz CT molecular complexity index is 977. The van der Waals surface area contributed by atoms with E-state index in [1.54, 1.807) is 0 Å². The molecule has 0 aliphatic heterocycles. The summed E-state index contributed by atoms with van der Waals surface area (Å²) >= 11 is 0. The molecule has 1 amide bonds. The zero-order chi connectivity index (χ0) is 19.5. The molecule has 1 heterocycles. The number of amides is 1. The Kier molecular flexibility index (Phi) is 5.11. The van der Waals surface area contributed by atoms with Crippen LogP contribution in [-0.2, 0) is 0 Å². The number of benzene rings is 2. The second-order valence-electron chi connectivity index (χ2n) is 7.45. The molecule has 0 bridgehead atoms. The van der Waals surface area contributed by atoms with Crippen LogP contribution in [0.4, 0.5) is 5.69 Å². The minimum absolute atomic E-state index is 0.0223. The van der Waals surface area contributed by atoms with Crippen molar-refractivity contribution in [3.8, 4) is 11.1 Å². The van der Waals surface area contributed by atoms with E-state index in [2.05, 4.69) is 40.7 Å². The zero-order valence-corrected chi connectivity index (χ0v) is 16.3. The fraction of sp³-hybridized carbons (Fsp3) is 0.250. The van der Waals surface area contributed by atoms with Crippen LogP contribution in [0.3, 0.4) is 0 Å². The van der Waals surface area contributed by atoms with Crippen LogP contribution in [-0.4, -0.2) is 17.9 Å². The minimum Gasteiger partial charge on any atom is -0.388 e. The average molecular weight is 371 g/mol. The van der Waals surface area contributed by atoms with Gasteiger partial charge in [0.1, 0.15) is 0 Å². The lowest BCUT2D eigenvalue weighted by Crippen LogP contribution is -2.30. The Hall–Kier alpha value is -3.14. The van der Waals surface area contributed by atoms with Gasteiger partial charge in [-0.1, -0.05) is 24.3 Å². The molecule has 4 rings (SSSR count). The van der Waals surface area contributed by atoms with E-state index >= 15 is 0 Å². The third-order valence-corrected chi connectivity index (χ3v) is 5.27. The van der Waals surface area contributed by atoms with Gasteiger partial charge in [-0.3, -0.25) is 9.78 Å². The van der Waals surface area contributed by atoms with E-state index in [0.29, 0.717) is 11.5 Å². The first-order valence-electron chi connectivity index (χ1n) is 9.76. The molecule has 0 radical (unpaired) electrons. The average Bonchev–Trinajstić information content (AvgIpc) is 3.57. The van der Waals surface area contributed by atoms with E-state index in [-0.39, 0.29) is 11.9 Å². The van der Waals surface area contributed by atoms with Gasteiger partial charge in [-0.25, -0.2) is 0 Å². The first-order valence-corrected chi connectivity index (χ1v) is 9.76. The topological polar surface area (TPSA) is 54.0 Å². The lowest BCUT2D eigenvalue weighted by Gasteiger charge is -2.18. The summed E-state index contributed by atoms with van der Waals surface area (Å²) in [5.74, 6) is 0.435. The van der Waals surface area contributed by atoms with Crippen molar-refractivity contribution in [1.82, 2.24) is 10.3 Å². The van der Waals surface area contributed by atoms with Crippen molar-refractivity contribution in [3.63, 3.8) is 0 Å². The maximum absolute atomic E-state index is 13.0. The van der Waals surface area contributed by atoms with Crippen molar-refractivity contribution in [2.24, 2.45) is 5.92 Å². The monoisotopic (exact) mass is 371 g/mol. The molecule has 4 heteroatoms. The summed E-state index contributed by atoms with van der Waals surface area (Å²) in [6.45, 7) is 2.06. The highest BCUT2D eigenvalue weighted by molar-refractivity contribution is 5.95. The maximum atomic E-state index is 13.0. The number of aryl methyl sites for hydroxylation is 1. The zero-order valence-electron chi connectivity index (χ0n) is 16.3. The molecule has 2 N–H and O–H groups in total. The third-order valence-electron chi connectivity index (χ3n) is 5.27. The Balaban J connectivity index is 1.55. The molecule has 0 spiro atoms. The number of nitrogens with zero attached hydrogens (tertiary/aromatic N) is 1. The molecule has 142 valence electrons. The normalized spacial score (nSPS) is 14.4. The quantitative estimate of drug-likeness (QED) is 0.642. The first kappa shape index (κ1) is 18.2. The van der Waals surface area contributed by atoms with Gasteiger partial charge in [0.2, 0.25) is 0 Å². The SMILES string of the molecule is CNc1ccc(-c2cccc(C(=O)N[C@@H](c3cc(C)ccn3)C3CC3)c2)cc1. The predicted octanol–water partition coefficient (Wildman–Crippen LogP) is 4.98. The summed E-state index contributed by atoms with van der Waals surface area (Å²) < 4.78 is 0. The van der Waals surface area contributed by atoms with Crippen molar-refractivity contribution in [3.05, 3.63) is 83.7 Å². The van der Waals surface area contributed by atoms with Gasteiger partial charge in [0, 0.05) is 24.5 Å². The Labute approximate surface area is 166 Å². The fourth-order valence-corrected chi connectivity index (χ4v) is 3.49. The number of pyridine rings is 1. The summed E-state index contributed by atoms with van der Waals surface area (Å²) in [6.07, 6.45) is 4.10. The van der Waals surface area contributed by atoms with Crippen LogP contribution in [0, 0.1) is 12.8 Å². The van der Waals surface area contributed by atoms with Gasteiger partial charge in [-0.05, 0) is 78.8 Å². The van der Waals surface area contributed by atoms with Crippen molar-refractivity contribution >= 4 is 11.6 Å². The molecule has 1 fully saturated rings. The van der Waals surface area contributed by atoms with Gasteiger partial charge >= 0.3 is 0 Å². The Morgan fingerprint density at radius 3 is 2.50 bits per heavy atom. The largest absolute Gasteiger partial charge is 0.388 e. The highest BCUT2D eigenvalue weighted by Crippen LogP contribution is 2.40. The van der Waals surface area contributed by atoms with E-state index in [0.717, 1.165) is 40.9 Å². The second kappa shape index (κ2) is 7.85. The minimum atomic E-state index is -0.0473. The van der Waals surface area contributed by atoms with Crippen LogP contribution in [0.2, 0.25) is 0 Å². The van der Waals surface area contributed by atoms with E-state index < -0.39 is 0 Å². The van der Waals surface area contributed by atoms with Crippen molar-refractivity contribution in [2.75, 3.05) is 12.4 Å². The number of nitrogens with one attached hydrogen (secondary N) is 2. The van der Waals surface area contributed by atoms with E-state index in [1.807, 2.05) is 55.7 Å². The van der Waals surface area contributed by atoms with Crippen molar-refractivity contribution in [1.29, 1.82) is 0 Å². The molecule has 1 aromatic heterocycles. The Morgan fingerprint density at radius 2 is 1.82 bits per heavy atom. The lowest BCUT2D eigenvalue weighted by molar-refractivity contribution is 0.0930. The molecule has 0 unspecified atom stereocenters. The molecule has 1 aliphatic carbocycles. The van der Waals surface area contributed by atoms with Gasteiger partial charge < -0.3 is 10.6 Å². The first-order chi connectivity index (χ1) is 13.6. The van der Waals surface area contributed by atoms with Crippen LogP contribution < -0.4 is 10.6 Å². The summed E-state index contributed by atoms with van der Waals surface area (Å²) in [6, 6.07) is 20.0. The van der Waals surface area contributed by atoms with Crippen LogP contribution in [0.5, 0.6) is 0 Å². The molecule has 0 saturated heterocycles. The fourth-order valence-electron chi connectivity index (χ4n) is 3.49. The summed E-state index contributed by atoms with van der Waals surface area (Å²) in [5.41, 5.74) is 5.98. The Morgan fingerprint density at radius 1 is 1.04 bits per heavy atom. The van der Waals surface area contributed by atoms with Gasteiger partial charge in [0.05, 0.1) is 11.7 Å². The van der Waals surface area contributed by atoms with E-state index in [4.69, 9.17) is 0 Å². The van der Waals surface area contributed by atoms with Crippen LogP contribution in [0.1, 0.15) is 40.5 Å². The molecule has 1 aliphatic rings. The smallest absolute Gasteiger partial charge is 0.251 e. The second-order valence-corrected chi connectivity index (χ2v) is 7.45. The van der Waals surface area contributed by atoms with E-state index in [1.165, 1.54) is 0 Å². The number of rotatable bonds is 6. The van der Waals surface area contributed by atoms with Gasteiger partial charge in [-0.15, -0.1) is 0 Å². The predicted molar refractivity (Wildman–Crippen MR) is 113 cm³/mol. The molecule has 1 atom stereocenters. The number of anilines is 1. The van der Waals surface area contributed by atoms with E-state index in [9.17, 15) is 4.79 Å². The summed E-state index contributed by atoms with van der Waals surface area (Å²) in [5, 5.41) is 6.35. The van der Waals surface area contributed by atoms with Crippen LogP contribution >= 0.6 is 0 Å². The number of aromatic nitrogens is 1. The number of carbonyl (C=O) groups excluding carboxylic acids is 1. The van der Waals surface area contributed by atoms with Gasteiger partial charge in [0.15, 0.2) is 0 Å². The summed E-state index contributed by atoms with van der Waals surface area (Å²) in [7, 11) is 1.90. The van der Waals surface area contributed by atoms with Crippen molar-refractivity contribution in [2.45, 2.75) is 25.8 Å². The van der Waals surface area contributed by atoms with Gasteiger partial charge in [0.25, 0.3) is 5.91 Å². The number of carbonyl (C=O) groups is 1. The molecule has 2 aromatic carbocycles. The highest BCUT2D eigenvalue weighted by atomic mass is 16.1. The van der Waals surface area contributed by atoms with Crippen LogP contribution in [0.15, 0.2) is 66.9 Å². The maximum Gasteiger partial charge on any atom is 0.251 e. The highest BCUT2D eigenvalue weighted by Gasteiger charge is 2.34. The summed E-state index contributed by atoms with van der Waals surface area (Å²) in [4.78, 5) is 17.5. The van der Waals surface area contributed by atoms with Crippen LogP contribution in [0.25, 0.3) is 11.1 Å². The molecule has 4 nitrogen and oxygen atoms in total. The third kappa shape index (κ3) is 4.06. The lowest BCUT2D eigenvalue weighted by atomic mass is 10.0. The molecule has 28 heavy (non-hydrogen) atoms. The molecule has 1 saturated carbocycles. The molecular weight excluding hydrogens is 346 g/mol. The number of hydrogen-bond acceptors (Lipinski definition) is 3. The standard InChI is InChI=1S/C24H25N3O/c1-16-12-13-26-22(14-16)23(18-6-7-18)27-24(28)20-5-3-4-19(15-20)17-8-10-21(25-2)11-9-17/h3-5,8-15,18,23,25H,6-7H2,1-2H3,(H,27,28)/t23-/m1/s1.